The average molecular weight is 390 g/mol. The van der Waals surface area contributed by atoms with Gasteiger partial charge in [-0.25, -0.2) is 18.4 Å². The molecule has 5 nitrogen and oxygen atoms in total. The minimum absolute atomic E-state index is 0.103. The van der Waals surface area contributed by atoms with Gasteiger partial charge in [0.2, 0.25) is 10.3 Å². The molecule has 0 aliphatic carbocycles. The number of furan rings is 1. The zero-order valence-corrected chi connectivity index (χ0v) is 13.4. The predicted octanol–water partition coefficient (Wildman–Crippen LogP) is 3.54. The van der Waals surface area contributed by atoms with E-state index < -0.39 is 33.0 Å². The fraction of sp³-hybridized carbons (Fsp3) is 0.400. The number of hydrogen-bond donors (Lipinski definition) is 0. The van der Waals surface area contributed by atoms with Crippen LogP contribution in [0.1, 0.15) is 19.1 Å². The number of aromatic nitrogens is 2. The van der Waals surface area contributed by atoms with E-state index in [1.54, 1.807) is 0 Å². The number of halogens is 4. The standard InChI is InChI=1S/C10H8BrClF2N2O3S/c1-3-10(13,14)7-4(11)5-6(19-7)8(20(2,17)18)16-9(12)15-5/h3H2,1-2H3. The molecule has 110 valence electrons. The third-order valence-electron chi connectivity index (χ3n) is 2.55. The summed E-state index contributed by atoms with van der Waals surface area (Å²) in [7, 11) is -3.80. The second-order valence-electron chi connectivity index (χ2n) is 4.05. The van der Waals surface area contributed by atoms with Gasteiger partial charge in [-0.1, -0.05) is 6.92 Å². The van der Waals surface area contributed by atoms with Crippen molar-refractivity contribution in [3.05, 3.63) is 15.5 Å². The molecule has 2 aromatic heterocycles. The maximum Gasteiger partial charge on any atom is 0.305 e. The lowest BCUT2D eigenvalue weighted by atomic mass is 10.2. The van der Waals surface area contributed by atoms with Crippen molar-refractivity contribution in [2.75, 3.05) is 6.26 Å². The molecule has 0 atom stereocenters. The third kappa shape index (κ3) is 2.53. The van der Waals surface area contributed by atoms with Crippen molar-refractivity contribution in [2.24, 2.45) is 0 Å². The fourth-order valence-electron chi connectivity index (χ4n) is 1.55. The molecule has 0 saturated heterocycles. The summed E-state index contributed by atoms with van der Waals surface area (Å²) in [4.78, 5) is 7.28. The Bertz CT molecular complexity index is 791. The van der Waals surface area contributed by atoms with Crippen LogP contribution < -0.4 is 0 Å². The highest BCUT2D eigenvalue weighted by Crippen LogP contribution is 2.42. The number of sulfone groups is 1. The van der Waals surface area contributed by atoms with E-state index in [0.717, 1.165) is 6.26 Å². The molecule has 0 aliphatic rings. The van der Waals surface area contributed by atoms with Crippen molar-refractivity contribution in [2.45, 2.75) is 24.3 Å². The quantitative estimate of drug-likeness (QED) is 0.593. The lowest BCUT2D eigenvalue weighted by molar-refractivity contribution is -0.0291. The van der Waals surface area contributed by atoms with Crippen LogP contribution in [0.15, 0.2) is 13.9 Å². The Balaban J connectivity index is 2.91. The molecule has 0 radical (unpaired) electrons. The normalized spacial score (nSPS) is 13.1. The first-order valence-electron chi connectivity index (χ1n) is 5.31. The van der Waals surface area contributed by atoms with E-state index >= 15 is 0 Å². The molecule has 2 rings (SSSR count). The van der Waals surface area contributed by atoms with E-state index in [-0.39, 0.29) is 20.9 Å². The molecular weight excluding hydrogens is 382 g/mol. The summed E-state index contributed by atoms with van der Waals surface area (Å²) >= 11 is 8.57. The van der Waals surface area contributed by atoms with Crippen molar-refractivity contribution in [1.82, 2.24) is 9.97 Å². The average Bonchev–Trinajstić information content (AvgIpc) is 2.66. The largest absolute Gasteiger partial charge is 0.449 e. The Morgan fingerprint density at radius 3 is 2.50 bits per heavy atom. The Morgan fingerprint density at radius 1 is 1.40 bits per heavy atom. The third-order valence-corrected chi connectivity index (χ3v) is 4.43. The van der Waals surface area contributed by atoms with Gasteiger partial charge in [0.15, 0.2) is 21.2 Å². The van der Waals surface area contributed by atoms with Crippen LogP contribution in [0.5, 0.6) is 0 Å². The van der Waals surface area contributed by atoms with E-state index in [1.165, 1.54) is 6.92 Å². The van der Waals surface area contributed by atoms with Crippen LogP contribution in [0.2, 0.25) is 5.28 Å². The second kappa shape index (κ2) is 4.88. The molecule has 0 bridgehead atoms. The number of hydrogen-bond acceptors (Lipinski definition) is 5. The van der Waals surface area contributed by atoms with Gasteiger partial charge < -0.3 is 4.42 Å². The van der Waals surface area contributed by atoms with Crippen LogP contribution in [0, 0.1) is 0 Å². The Hall–Kier alpha value is -0.800. The zero-order valence-electron chi connectivity index (χ0n) is 10.2. The molecular formula is C10H8BrClF2N2O3S. The molecule has 0 fully saturated rings. The second-order valence-corrected chi connectivity index (χ2v) is 7.11. The van der Waals surface area contributed by atoms with Gasteiger partial charge in [-0.2, -0.15) is 8.78 Å². The van der Waals surface area contributed by atoms with Gasteiger partial charge in [-0.05, 0) is 27.5 Å². The van der Waals surface area contributed by atoms with Gasteiger partial charge in [0.05, 0.1) is 4.47 Å². The summed E-state index contributed by atoms with van der Waals surface area (Å²) in [6, 6.07) is 0. The number of alkyl halides is 2. The first-order valence-corrected chi connectivity index (χ1v) is 8.38. The highest BCUT2D eigenvalue weighted by Gasteiger charge is 2.38. The Kier molecular flexibility index (Phi) is 3.81. The minimum atomic E-state index is -3.80. The van der Waals surface area contributed by atoms with Gasteiger partial charge >= 0.3 is 5.92 Å². The summed E-state index contributed by atoms with van der Waals surface area (Å²) in [5, 5.41) is -0.892. The molecule has 0 spiro atoms. The first-order chi connectivity index (χ1) is 9.08. The first kappa shape index (κ1) is 15.6. The van der Waals surface area contributed by atoms with Crippen molar-refractivity contribution in [3.63, 3.8) is 0 Å². The van der Waals surface area contributed by atoms with Crippen LogP contribution in [-0.2, 0) is 15.8 Å². The Labute approximate surface area is 126 Å². The smallest absolute Gasteiger partial charge is 0.305 e. The molecule has 0 saturated carbocycles. The van der Waals surface area contributed by atoms with E-state index in [2.05, 4.69) is 25.9 Å². The van der Waals surface area contributed by atoms with Crippen LogP contribution in [0.25, 0.3) is 11.1 Å². The predicted molar refractivity (Wildman–Crippen MR) is 71.8 cm³/mol. The molecule has 10 heteroatoms. The maximum absolute atomic E-state index is 13.8. The highest BCUT2D eigenvalue weighted by molar-refractivity contribution is 9.10. The summed E-state index contributed by atoms with van der Waals surface area (Å²) in [5.74, 6) is -3.96. The van der Waals surface area contributed by atoms with Gasteiger partial charge in [0.1, 0.15) is 5.52 Å². The molecule has 20 heavy (non-hydrogen) atoms. The maximum atomic E-state index is 13.8. The van der Waals surface area contributed by atoms with Crippen LogP contribution in [0.4, 0.5) is 8.78 Å². The molecule has 0 N–H and O–H groups in total. The van der Waals surface area contributed by atoms with Crippen molar-refractivity contribution >= 4 is 48.5 Å². The molecule has 0 aliphatic heterocycles. The summed E-state index contributed by atoms with van der Waals surface area (Å²) in [6.07, 6.45) is 0.361. The molecule has 0 amide bonds. The van der Waals surface area contributed by atoms with Gasteiger partial charge in [0.25, 0.3) is 0 Å². The fourth-order valence-corrected chi connectivity index (χ4v) is 3.13. The summed E-state index contributed by atoms with van der Waals surface area (Å²) in [6.45, 7) is 1.27. The number of rotatable bonds is 3. The van der Waals surface area contributed by atoms with E-state index in [1.807, 2.05) is 0 Å². The molecule has 2 heterocycles. The van der Waals surface area contributed by atoms with Gasteiger partial charge in [-0.3, -0.25) is 0 Å². The van der Waals surface area contributed by atoms with Gasteiger partial charge in [-0.15, -0.1) is 0 Å². The van der Waals surface area contributed by atoms with E-state index in [4.69, 9.17) is 16.0 Å². The molecule has 0 unspecified atom stereocenters. The van der Waals surface area contributed by atoms with Crippen LogP contribution >= 0.6 is 27.5 Å². The van der Waals surface area contributed by atoms with E-state index in [9.17, 15) is 17.2 Å². The van der Waals surface area contributed by atoms with Crippen LogP contribution in [-0.4, -0.2) is 24.6 Å². The van der Waals surface area contributed by atoms with E-state index in [0.29, 0.717) is 0 Å². The summed E-state index contributed by atoms with van der Waals surface area (Å²) in [5.41, 5.74) is -0.444. The number of nitrogens with zero attached hydrogens (tertiary/aromatic N) is 2. The SMILES string of the molecule is CCC(F)(F)c1oc2c(S(C)(=O)=O)nc(Cl)nc2c1Br. The Morgan fingerprint density at radius 2 is 2.00 bits per heavy atom. The lowest BCUT2D eigenvalue weighted by Gasteiger charge is -2.10. The lowest BCUT2D eigenvalue weighted by Crippen LogP contribution is -2.10. The highest BCUT2D eigenvalue weighted by atomic mass is 79.9. The topological polar surface area (TPSA) is 73.1 Å². The zero-order chi connectivity index (χ0) is 15.3. The number of fused-ring (bicyclic) bond motifs is 1. The van der Waals surface area contributed by atoms with Gasteiger partial charge in [0, 0.05) is 12.7 Å². The minimum Gasteiger partial charge on any atom is -0.449 e. The van der Waals surface area contributed by atoms with Crippen molar-refractivity contribution < 1.29 is 21.6 Å². The van der Waals surface area contributed by atoms with Crippen LogP contribution in [0.3, 0.4) is 0 Å². The molecule has 2 aromatic rings. The summed E-state index contributed by atoms with van der Waals surface area (Å²) < 4.78 is 55.6. The monoisotopic (exact) mass is 388 g/mol. The van der Waals surface area contributed by atoms with Crippen molar-refractivity contribution in [1.29, 1.82) is 0 Å². The molecule has 0 aromatic carbocycles. The van der Waals surface area contributed by atoms with Crippen molar-refractivity contribution in [3.8, 4) is 0 Å².